The molecule has 0 fully saturated rings. The second-order valence-electron chi connectivity index (χ2n) is 3.55. The van der Waals surface area contributed by atoms with Gasteiger partial charge in [-0.3, -0.25) is 10.1 Å². The molecule has 2 rings (SSSR count). The Morgan fingerprint density at radius 3 is 2.88 bits per heavy atom. The minimum absolute atomic E-state index is 0.0362. The Morgan fingerprint density at radius 1 is 1.53 bits per heavy atom. The molecule has 1 aromatic carbocycles. The largest absolute Gasteiger partial charge is 0.386 e. The zero-order chi connectivity index (χ0) is 12.4. The zero-order valence-corrected chi connectivity index (χ0v) is 9.85. The standard InChI is InChI=1S/C11H10N2O3S/c1-7(14)11-12-10(6-17-11)8-3-2-4-9(5-8)13(15)16/h2-7,14H,1H3. The third-order valence-electron chi connectivity index (χ3n) is 2.23. The first-order chi connectivity index (χ1) is 8.08. The van der Waals surface area contributed by atoms with Gasteiger partial charge in [0.25, 0.3) is 5.69 Å². The van der Waals surface area contributed by atoms with E-state index in [9.17, 15) is 15.2 Å². The van der Waals surface area contributed by atoms with Crippen molar-refractivity contribution < 1.29 is 10.0 Å². The lowest BCUT2D eigenvalue weighted by atomic mass is 10.1. The highest BCUT2D eigenvalue weighted by atomic mass is 32.1. The summed E-state index contributed by atoms with van der Waals surface area (Å²) in [6.45, 7) is 1.63. The molecule has 1 atom stereocenters. The van der Waals surface area contributed by atoms with Gasteiger partial charge in [0.15, 0.2) is 0 Å². The Labute approximate surface area is 102 Å². The van der Waals surface area contributed by atoms with Gasteiger partial charge in [0, 0.05) is 23.1 Å². The number of rotatable bonds is 3. The summed E-state index contributed by atoms with van der Waals surface area (Å²) in [6, 6.07) is 6.29. The van der Waals surface area contributed by atoms with E-state index in [1.165, 1.54) is 23.5 Å². The summed E-state index contributed by atoms with van der Waals surface area (Å²) >= 11 is 1.34. The van der Waals surface area contributed by atoms with Crippen LogP contribution in [0.25, 0.3) is 11.3 Å². The number of nitro benzene ring substituents is 1. The molecule has 0 bridgehead atoms. The number of hydrogen-bond donors (Lipinski definition) is 1. The molecule has 0 amide bonds. The molecular weight excluding hydrogens is 240 g/mol. The van der Waals surface area contributed by atoms with Crippen molar-refractivity contribution in [3.05, 3.63) is 44.8 Å². The average molecular weight is 250 g/mol. The van der Waals surface area contributed by atoms with Gasteiger partial charge >= 0.3 is 0 Å². The minimum atomic E-state index is -0.618. The Bertz CT molecular complexity index is 551. The fourth-order valence-electron chi connectivity index (χ4n) is 1.39. The summed E-state index contributed by atoms with van der Waals surface area (Å²) in [5.41, 5.74) is 1.37. The maximum Gasteiger partial charge on any atom is 0.270 e. The fourth-order valence-corrected chi connectivity index (χ4v) is 2.16. The summed E-state index contributed by atoms with van der Waals surface area (Å²) in [5, 5.41) is 22.4. The van der Waals surface area contributed by atoms with Crippen molar-refractivity contribution in [1.29, 1.82) is 0 Å². The third-order valence-corrected chi connectivity index (χ3v) is 3.25. The van der Waals surface area contributed by atoms with Crippen LogP contribution in [0.4, 0.5) is 5.69 Å². The smallest absolute Gasteiger partial charge is 0.270 e. The van der Waals surface area contributed by atoms with Gasteiger partial charge in [-0.2, -0.15) is 0 Å². The summed E-state index contributed by atoms with van der Waals surface area (Å²) in [5.74, 6) is 0. The Balaban J connectivity index is 2.38. The molecule has 0 spiro atoms. The van der Waals surface area contributed by atoms with Crippen molar-refractivity contribution in [3.8, 4) is 11.3 Å². The number of thiazole rings is 1. The predicted molar refractivity (Wildman–Crippen MR) is 64.8 cm³/mol. The lowest BCUT2D eigenvalue weighted by molar-refractivity contribution is -0.384. The van der Waals surface area contributed by atoms with Crippen molar-refractivity contribution in [3.63, 3.8) is 0 Å². The van der Waals surface area contributed by atoms with Crippen LogP contribution < -0.4 is 0 Å². The molecule has 1 N–H and O–H groups in total. The summed E-state index contributed by atoms with van der Waals surface area (Å²) in [7, 11) is 0. The molecule has 17 heavy (non-hydrogen) atoms. The van der Waals surface area contributed by atoms with Crippen LogP contribution >= 0.6 is 11.3 Å². The van der Waals surface area contributed by atoms with E-state index in [4.69, 9.17) is 0 Å². The number of nitro groups is 1. The second kappa shape index (κ2) is 4.60. The average Bonchev–Trinajstić information content (AvgIpc) is 2.78. The van der Waals surface area contributed by atoms with Crippen LogP contribution in [0.1, 0.15) is 18.0 Å². The molecule has 1 aromatic heterocycles. The number of non-ortho nitro benzene ring substituents is 1. The Kier molecular flexibility index (Phi) is 3.16. The van der Waals surface area contributed by atoms with E-state index >= 15 is 0 Å². The van der Waals surface area contributed by atoms with Gasteiger partial charge in [-0.1, -0.05) is 12.1 Å². The molecule has 1 heterocycles. The number of aromatic nitrogens is 1. The number of nitrogens with zero attached hydrogens (tertiary/aromatic N) is 2. The van der Waals surface area contributed by atoms with E-state index < -0.39 is 11.0 Å². The van der Waals surface area contributed by atoms with Crippen LogP contribution in [-0.4, -0.2) is 15.0 Å². The Morgan fingerprint density at radius 2 is 2.29 bits per heavy atom. The first-order valence-electron chi connectivity index (χ1n) is 4.96. The first kappa shape index (κ1) is 11.7. The van der Waals surface area contributed by atoms with Crippen molar-refractivity contribution >= 4 is 17.0 Å². The zero-order valence-electron chi connectivity index (χ0n) is 9.03. The van der Waals surface area contributed by atoms with E-state index in [2.05, 4.69) is 4.98 Å². The van der Waals surface area contributed by atoms with Gasteiger partial charge in [0.1, 0.15) is 11.1 Å². The van der Waals surface area contributed by atoms with Crippen LogP contribution in [0.15, 0.2) is 29.6 Å². The predicted octanol–water partition coefficient (Wildman–Crippen LogP) is 2.77. The maximum absolute atomic E-state index is 10.6. The molecule has 88 valence electrons. The van der Waals surface area contributed by atoms with Crippen LogP contribution in [0.5, 0.6) is 0 Å². The normalized spacial score (nSPS) is 12.4. The molecule has 1 unspecified atom stereocenters. The molecular formula is C11H10N2O3S. The SMILES string of the molecule is CC(O)c1nc(-c2cccc([N+](=O)[O-])c2)cs1. The number of aliphatic hydroxyl groups excluding tert-OH is 1. The van der Waals surface area contributed by atoms with Crippen LogP contribution in [0.3, 0.4) is 0 Å². The molecule has 0 aliphatic rings. The summed E-state index contributed by atoms with van der Waals surface area (Å²) in [4.78, 5) is 14.4. The summed E-state index contributed by atoms with van der Waals surface area (Å²) in [6.07, 6.45) is -0.618. The number of benzene rings is 1. The van der Waals surface area contributed by atoms with Gasteiger partial charge in [0.05, 0.1) is 10.6 Å². The minimum Gasteiger partial charge on any atom is -0.386 e. The van der Waals surface area contributed by atoms with Crippen molar-refractivity contribution in [2.24, 2.45) is 0 Å². The van der Waals surface area contributed by atoms with Crippen molar-refractivity contribution in [2.75, 3.05) is 0 Å². The quantitative estimate of drug-likeness (QED) is 0.671. The van der Waals surface area contributed by atoms with Crippen LogP contribution in [-0.2, 0) is 0 Å². The molecule has 0 saturated carbocycles. The van der Waals surface area contributed by atoms with E-state index in [0.717, 1.165) is 0 Å². The number of aliphatic hydroxyl groups is 1. The van der Waals surface area contributed by atoms with E-state index in [1.54, 1.807) is 24.4 Å². The van der Waals surface area contributed by atoms with Crippen molar-refractivity contribution in [1.82, 2.24) is 4.98 Å². The summed E-state index contributed by atoms with van der Waals surface area (Å²) < 4.78 is 0. The highest BCUT2D eigenvalue weighted by Gasteiger charge is 2.11. The van der Waals surface area contributed by atoms with Gasteiger partial charge in [-0.05, 0) is 6.92 Å². The highest BCUT2D eigenvalue weighted by molar-refractivity contribution is 7.10. The van der Waals surface area contributed by atoms with E-state index in [1.807, 2.05) is 0 Å². The molecule has 0 aliphatic heterocycles. The van der Waals surface area contributed by atoms with Crippen molar-refractivity contribution in [2.45, 2.75) is 13.0 Å². The number of hydrogen-bond acceptors (Lipinski definition) is 5. The maximum atomic E-state index is 10.6. The van der Waals surface area contributed by atoms with E-state index in [-0.39, 0.29) is 5.69 Å². The van der Waals surface area contributed by atoms with E-state index in [0.29, 0.717) is 16.3 Å². The van der Waals surface area contributed by atoms with Gasteiger partial charge in [-0.15, -0.1) is 11.3 Å². The third kappa shape index (κ3) is 2.48. The molecule has 5 nitrogen and oxygen atoms in total. The molecule has 0 radical (unpaired) electrons. The van der Waals surface area contributed by atoms with Crippen LogP contribution in [0.2, 0.25) is 0 Å². The molecule has 0 saturated heterocycles. The fraction of sp³-hybridized carbons (Fsp3) is 0.182. The molecule has 2 aromatic rings. The van der Waals surface area contributed by atoms with Crippen LogP contribution in [0, 0.1) is 10.1 Å². The first-order valence-corrected chi connectivity index (χ1v) is 5.84. The van der Waals surface area contributed by atoms with Gasteiger partial charge in [0.2, 0.25) is 0 Å². The highest BCUT2D eigenvalue weighted by Crippen LogP contribution is 2.27. The lowest BCUT2D eigenvalue weighted by Crippen LogP contribution is -1.90. The second-order valence-corrected chi connectivity index (χ2v) is 4.44. The Hall–Kier alpha value is -1.79. The van der Waals surface area contributed by atoms with Gasteiger partial charge < -0.3 is 5.11 Å². The topological polar surface area (TPSA) is 76.3 Å². The van der Waals surface area contributed by atoms with Gasteiger partial charge in [-0.25, -0.2) is 4.98 Å². The lowest BCUT2D eigenvalue weighted by Gasteiger charge is -1.98. The monoisotopic (exact) mass is 250 g/mol. The molecule has 0 aliphatic carbocycles. The molecule has 6 heteroatoms.